The van der Waals surface area contributed by atoms with Gasteiger partial charge in [0.1, 0.15) is 23.6 Å². The normalized spacial score (nSPS) is 11.6. The lowest BCUT2D eigenvalue weighted by atomic mass is 10.1. The molecular weight excluding hydrogens is 587 g/mol. The van der Waals surface area contributed by atoms with Gasteiger partial charge in [0.15, 0.2) is 11.0 Å². The molecule has 0 radical (unpaired) electrons. The fourth-order valence-corrected chi connectivity index (χ4v) is 5.28. The van der Waals surface area contributed by atoms with Crippen LogP contribution in [-0.2, 0) is 11.3 Å². The minimum atomic E-state index is -0.331. The fourth-order valence-electron chi connectivity index (χ4n) is 4.04. The van der Waals surface area contributed by atoms with Crippen molar-refractivity contribution in [1.29, 1.82) is 0 Å². The second-order valence-electron chi connectivity index (χ2n) is 8.65. The Hall–Kier alpha value is -4.13. The summed E-state index contributed by atoms with van der Waals surface area (Å²) in [5, 5.41) is 22.8. The van der Waals surface area contributed by atoms with E-state index in [0.29, 0.717) is 43.9 Å². The van der Waals surface area contributed by atoms with Crippen LogP contribution in [-0.4, -0.2) is 61.3 Å². The van der Waals surface area contributed by atoms with Gasteiger partial charge >= 0.3 is 0 Å². The first-order chi connectivity index (χ1) is 19.9. The van der Waals surface area contributed by atoms with Gasteiger partial charge in [0.2, 0.25) is 0 Å². The van der Waals surface area contributed by atoms with Crippen LogP contribution in [0.1, 0.15) is 18.3 Å². The molecule has 2 aromatic heterocycles. The number of aromatic nitrogens is 6. The highest BCUT2D eigenvalue weighted by Gasteiger charge is 2.20. The number of benzene rings is 3. The van der Waals surface area contributed by atoms with Crippen LogP contribution in [0.5, 0.6) is 11.5 Å². The summed E-state index contributed by atoms with van der Waals surface area (Å²) in [7, 11) is 3.14. The van der Waals surface area contributed by atoms with Crippen molar-refractivity contribution in [2.45, 2.75) is 18.6 Å². The van der Waals surface area contributed by atoms with Gasteiger partial charge in [0, 0.05) is 16.7 Å². The summed E-state index contributed by atoms with van der Waals surface area (Å²) >= 11 is 13.9. The Kier molecular flexibility index (Phi) is 8.72. The smallest absolute Gasteiger partial charge is 0.250 e. The molecule has 5 aromatic rings. The minimum absolute atomic E-state index is 0.0200. The van der Waals surface area contributed by atoms with Gasteiger partial charge in [-0.05, 0) is 49.4 Å². The first-order valence-corrected chi connectivity index (χ1v) is 14.0. The van der Waals surface area contributed by atoms with Crippen molar-refractivity contribution in [3.05, 3.63) is 82.1 Å². The van der Waals surface area contributed by atoms with E-state index in [0.717, 1.165) is 16.6 Å². The number of fused-ring (bicyclic) bond motifs is 1. The number of nitrogens with zero attached hydrogens (tertiary/aromatic N) is 7. The van der Waals surface area contributed by atoms with Crippen LogP contribution < -0.4 is 14.9 Å². The predicted molar refractivity (Wildman–Crippen MR) is 159 cm³/mol. The first kappa shape index (κ1) is 28.4. The summed E-state index contributed by atoms with van der Waals surface area (Å²) in [5.74, 6) is 1.47. The average molecular weight is 612 g/mol. The number of ether oxygens (including phenoxy) is 2. The number of hydrogen-bond donors (Lipinski definition) is 1. The number of thioether (sulfide) groups is 1. The Morgan fingerprint density at radius 3 is 2.63 bits per heavy atom. The van der Waals surface area contributed by atoms with E-state index in [1.54, 1.807) is 60.7 Å². The Morgan fingerprint density at radius 2 is 1.85 bits per heavy atom. The summed E-state index contributed by atoms with van der Waals surface area (Å²) in [6, 6.07) is 18.1. The van der Waals surface area contributed by atoms with Crippen molar-refractivity contribution in [3.63, 3.8) is 0 Å². The van der Waals surface area contributed by atoms with Gasteiger partial charge in [0.05, 0.1) is 41.9 Å². The van der Waals surface area contributed by atoms with E-state index >= 15 is 0 Å². The molecule has 0 saturated heterocycles. The number of hydrogen-bond acceptors (Lipinski definition) is 9. The van der Waals surface area contributed by atoms with Gasteiger partial charge in [0.25, 0.3) is 5.91 Å². The number of para-hydroxylation sites is 1. The highest BCUT2D eigenvalue weighted by atomic mass is 35.5. The number of halogens is 2. The molecule has 0 aliphatic heterocycles. The van der Waals surface area contributed by atoms with Gasteiger partial charge in [-0.2, -0.15) is 5.10 Å². The molecule has 41 heavy (non-hydrogen) atoms. The second-order valence-corrected chi connectivity index (χ2v) is 10.4. The molecule has 0 aliphatic carbocycles. The zero-order valence-corrected chi connectivity index (χ0v) is 24.5. The quantitative estimate of drug-likeness (QED) is 0.133. The molecule has 0 bridgehead atoms. The topological polar surface area (TPSA) is 121 Å². The van der Waals surface area contributed by atoms with Crippen LogP contribution in [0.2, 0.25) is 10.0 Å². The van der Waals surface area contributed by atoms with Crippen molar-refractivity contribution in [2.24, 2.45) is 5.10 Å². The first-order valence-electron chi connectivity index (χ1n) is 12.2. The molecule has 1 amide bonds. The third kappa shape index (κ3) is 6.29. The largest absolute Gasteiger partial charge is 0.497 e. The number of hydrazone groups is 1. The van der Waals surface area contributed by atoms with Crippen molar-refractivity contribution >= 4 is 57.6 Å². The third-order valence-corrected chi connectivity index (χ3v) is 7.51. The predicted octanol–water partition coefficient (Wildman–Crippen LogP) is 5.02. The number of nitrogens with one attached hydrogen (secondary N) is 1. The Labute approximate surface area is 249 Å². The van der Waals surface area contributed by atoms with E-state index in [-0.39, 0.29) is 18.2 Å². The van der Waals surface area contributed by atoms with Crippen molar-refractivity contribution in [3.8, 4) is 17.2 Å². The molecule has 210 valence electrons. The highest BCUT2D eigenvalue weighted by molar-refractivity contribution is 7.99. The number of amides is 1. The molecule has 0 spiro atoms. The molecule has 0 atom stereocenters. The monoisotopic (exact) mass is 610 g/mol. The summed E-state index contributed by atoms with van der Waals surface area (Å²) in [5.41, 5.74) is 6.11. The molecule has 2 heterocycles. The van der Waals surface area contributed by atoms with Crippen LogP contribution in [0.15, 0.2) is 70.9 Å². The van der Waals surface area contributed by atoms with E-state index in [4.69, 9.17) is 32.7 Å². The lowest BCUT2D eigenvalue weighted by Crippen LogP contribution is -2.21. The maximum atomic E-state index is 12.8. The van der Waals surface area contributed by atoms with Gasteiger partial charge in [-0.25, -0.2) is 10.1 Å². The molecule has 3 aromatic carbocycles. The number of carbonyl (C=O) groups excluding carboxylic acids is 1. The van der Waals surface area contributed by atoms with E-state index in [9.17, 15) is 4.79 Å². The standard InChI is InChI=1S/C27H24Cl2N8O3S/c1-16(19-10-9-18(39-2)13-24(19)40-3)30-33-26(38)15-41-27-34-32-25(37(27)22-11-8-17(28)12-20(22)29)14-36-23-7-5-4-6-21(23)31-35-36/h4-13H,14-15H2,1-3H3,(H,33,38)/b30-16-. The highest BCUT2D eigenvalue weighted by Crippen LogP contribution is 2.30. The molecule has 1 N–H and O–H groups in total. The molecule has 0 unspecified atom stereocenters. The van der Waals surface area contributed by atoms with Crippen LogP contribution >= 0.6 is 35.0 Å². The van der Waals surface area contributed by atoms with E-state index in [1.165, 1.54) is 11.8 Å². The molecule has 11 nitrogen and oxygen atoms in total. The number of rotatable bonds is 10. The maximum absolute atomic E-state index is 12.8. The molecule has 14 heteroatoms. The Bertz CT molecular complexity index is 1750. The minimum Gasteiger partial charge on any atom is -0.497 e. The lowest BCUT2D eigenvalue weighted by molar-refractivity contribution is -0.118. The summed E-state index contributed by atoms with van der Waals surface area (Å²) in [6.07, 6.45) is 0. The second kappa shape index (κ2) is 12.6. The molecule has 0 saturated carbocycles. The summed E-state index contributed by atoms with van der Waals surface area (Å²) < 4.78 is 14.2. The average Bonchev–Trinajstić information content (AvgIpc) is 3.58. The van der Waals surface area contributed by atoms with E-state index in [1.807, 2.05) is 30.3 Å². The number of carbonyl (C=O) groups is 1. The molecule has 5 rings (SSSR count). The molecular formula is C27H24Cl2N8O3S. The van der Waals surface area contributed by atoms with Crippen molar-refractivity contribution in [1.82, 2.24) is 35.2 Å². The fraction of sp³-hybridized carbons (Fsp3) is 0.185. The van der Waals surface area contributed by atoms with Crippen molar-refractivity contribution < 1.29 is 14.3 Å². The van der Waals surface area contributed by atoms with Gasteiger partial charge in [-0.3, -0.25) is 9.36 Å². The van der Waals surface area contributed by atoms with Crippen LogP contribution in [0.4, 0.5) is 0 Å². The van der Waals surface area contributed by atoms with Crippen LogP contribution in [0.3, 0.4) is 0 Å². The Morgan fingerprint density at radius 1 is 1.02 bits per heavy atom. The zero-order chi connectivity index (χ0) is 28.9. The van der Waals surface area contributed by atoms with Gasteiger partial charge < -0.3 is 9.47 Å². The zero-order valence-electron chi connectivity index (χ0n) is 22.2. The van der Waals surface area contributed by atoms with E-state index in [2.05, 4.69) is 31.0 Å². The lowest BCUT2D eigenvalue weighted by Gasteiger charge is -2.12. The van der Waals surface area contributed by atoms with E-state index < -0.39 is 0 Å². The molecule has 0 aliphatic rings. The number of methoxy groups -OCH3 is 2. The maximum Gasteiger partial charge on any atom is 0.250 e. The third-order valence-electron chi connectivity index (χ3n) is 6.04. The van der Waals surface area contributed by atoms with Crippen molar-refractivity contribution in [2.75, 3.05) is 20.0 Å². The van der Waals surface area contributed by atoms with Gasteiger partial charge in [-0.1, -0.05) is 52.3 Å². The van der Waals surface area contributed by atoms with Crippen LogP contribution in [0.25, 0.3) is 16.7 Å². The summed E-state index contributed by atoms with van der Waals surface area (Å²) in [6.45, 7) is 2.05. The Balaban J connectivity index is 1.36. The van der Waals surface area contributed by atoms with Crippen LogP contribution in [0, 0.1) is 0 Å². The molecule has 0 fully saturated rings. The SMILES string of the molecule is COc1ccc(/C(C)=N\NC(=O)CSc2nnc(Cn3nnc4ccccc43)n2-c2ccc(Cl)cc2Cl)c(OC)c1. The van der Waals surface area contributed by atoms with Gasteiger partial charge in [-0.15, -0.1) is 15.3 Å². The summed E-state index contributed by atoms with van der Waals surface area (Å²) in [4.78, 5) is 12.8.